The molecule has 0 aliphatic carbocycles. The van der Waals surface area contributed by atoms with Crippen LogP contribution in [0.4, 0.5) is 0 Å². The van der Waals surface area contributed by atoms with E-state index in [1.54, 1.807) is 36.4 Å². The zero-order valence-electron chi connectivity index (χ0n) is 13.1. The molecule has 0 atom stereocenters. The Morgan fingerprint density at radius 2 is 1.32 bits per heavy atom. The maximum Gasteiger partial charge on any atom is 0.347 e. The van der Waals surface area contributed by atoms with Crippen molar-refractivity contribution in [2.75, 3.05) is 0 Å². The number of carbonyl (C=O) groups is 2. The van der Waals surface area contributed by atoms with Crippen LogP contribution in [0.1, 0.15) is 20.7 Å². The molecule has 0 aliphatic heterocycles. The van der Waals surface area contributed by atoms with Crippen molar-refractivity contribution in [1.29, 1.82) is 0 Å². The second-order valence-electron chi connectivity index (χ2n) is 5.14. The molecule has 5 nitrogen and oxygen atoms in total. The number of benzene rings is 3. The van der Waals surface area contributed by atoms with Crippen molar-refractivity contribution in [2.24, 2.45) is 0 Å². The van der Waals surface area contributed by atoms with Gasteiger partial charge in [-0.2, -0.15) is 0 Å². The van der Waals surface area contributed by atoms with Crippen LogP contribution in [0.15, 0.2) is 78.9 Å². The minimum absolute atomic E-state index is 0.0448. The van der Waals surface area contributed by atoms with Crippen LogP contribution in [0.5, 0.6) is 17.2 Å². The normalized spacial score (nSPS) is 10.1. The number of phenols is 1. The van der Waals surface area contributed by atoms with E-state index in [-0.39, 0.29) is 22.6 Å². The van der Waals surface area contributed by atoms with Gasteiger partial charge < -0.3 is 14.6 Å². The van der Waals surface area contributed by atoms with Gasteiger partial charge in [0.25, 0.3) is 0 Å². The van der Waals surface area contributed by atoms with Crippen molar-refractivity contribution in [1.82, 2.24) is 0 Å². The van der Waals surface area contributed by atoms with E-state index in [0.717, 1.165) is 0 Å². The molecule has 0 aromatic heterocycles. The van der Waals surface area contributed by atoms with Crippen LogP contribution in [0.2, 0.25) is 0 Å². The van der Waals surface area contributed by atoms with Gasteiger partial charge in [-0.3, -0.25) is 0 Å². The molecule has 0 spiro atoms. The van der Waals surface area contributed by atoms with Crippen LogP contribution in [0.3, 0.4) is 0 Å². The van der Waals surface area contributed by atoms with E-state index in [1.807, 2.05) is 6.07 Å². The molecule has 3 aromatic carbocycles. The second kappa shape index (κ2) is 7.31. The van der Waals surface area contributed by atoms with Crippen LogP contribution in [0.25, 0.3) is 0 Å². The van der Waals surface area contributed by atoms with Gasteiger partial charge in [-0.05, 0) is 48.5 Å². The van der Waals surface area contributed by atoms with Gasteiger partial charge >= 0.3 is 11.9 Å². The smallest absolute Gasteiger partial charge is 0.347 e. The Morgan fingerprint density at radius 3 is 2.04 bits per heavy atom. The fourth-order valence-corrected chi connectivity index (χ4v) is 2.13. The topological polar surface area (TPSA) is 72.8 Å². The molecule has 25 heavy (non-hydrogen) atoms. The molecule has 0 radical (unpaired) electrons. The third-order valence-corrected chi connectivity index (χ3v) is 3.37. The van der Waals surface area contributed by atoms with E-state index in [0.29, 0.717) is 5.75 Å². The average molecular weight is 334 g/mol. The summed E-state index contributed by atoms with van der Waals surface area (Å²) in [6.45, 7) is 0. The SMILES string of the molecule is O=C(Oc1ccccc1C(=O)Oc1ccccc1)c1ccc(O)cc1. The molecule has 0 fully saturated rings. The van der Waals surface area contributed by atoms with Crippen LogP contribution >= 0.6 is 0 Å². The van der Waals surface area contributed by atoms with Crippen LogP contribution in [-0.2, 0) is 0 Å². The van der Waals surface area contributed by atoms with Gasteiger partial charge in [0.1, 0.15) is 22.8 Å². The number of carbonyl (C=O) groups excluding carboxylic acids is 2. The van der Waals surface area contributed by atoms with E-state index in [1.165, 1.54) is 36.4 Å². The van der Waals surface area contributed by atoms with Crippen molar-refractivity contribution < 1.29 is 24.2 Å². The minimum atomic E-state index is -0.639. The highest BCUT2D eigenvalue weighted by Gasteiger charge is 2.17. The van der Waals surface area contributed by atoms with Crippen molar-refractivity contribution in [3.63, 3.8) is 0 Å². The summed E-state index contributed by atoms with van der Waals surface area (Å²) in [7, 11) is 0. The van der Waals surface area contributed by atoms with Crippen LogP contribution in [-0.4, -0.2) is 17.0 Å². The molecule has 124 valence electrons. The van der Waals surface area contributed by atoms with Gasteiger partial charge in [0, 0.05) is 0 Å². The van der Waals surface area contributed by atoms with E-state index < -0.39 is 11.9 Å². The van der Waals surface area contributed by atoms with Crippen LogP contribution < -0.4 is 9.47 Å². The quantitative estimate of drug-likeness (QED) is 0.580. The Labute approximate surface area is 144 Å². The molecule has 0 bridgehead atoms. The maximum atomic E-state index is 12.4. The molecule has 5 heteroatoms. The molecule has 0 heterocycles. The highest BCUT2D eigenvalue weighted by Crippen LogP contribution is 2.22. The van der Waals surface area contributed by atoms with Gasteiger partial charge in [-0.1, -0.05) is 30.3 Å². The molecule has 0 aliphatic rings. The van der Waals surface area contributed by atoms with Crippen molar-refractivity contribution in [3.8, 4) is 17.2 Å². The lowest BCUT2D eigenvalue weighted by Gasteiger charge is -2.10. The second-order valence-corrected chi connectivity index (χ2v) is 5.14. The number of hydrogen-bond acceptors (Lipinski definition) is 5. The predicted octanol–water partition coefficient (Wildman–Crippen LogP) is 3.83. The molecule has 3 rings (SSSR count). The first-order valence-electron chi connectivity index (χ1n) is 7.51. The number of rotatable bonds is 4. The van der Waals surface area contributed by atoms with Crippen molar-refractivity contribution in [3.05, 3.63) is 90.0 Å². The van der Waals surface area contributed by atoms with Crippen LogP contribution in [0, 0.1) is 0 Å². The number of phenolic OH excluding ortho intramolecular Hbond substituents is 1. The first-order chi connectivity index (χ1) is 12.1. The molecule has 3 aromatic rings. The van der Waals surface area contributed by atoms with Crippen molar-refractivity contribution in [2.45, 2.75) is 0 Å². The Morgan fingerprint density at radius 1 is 0.680 bits per heavy atom. The van der Waals surface area contributed by atoms with E-state index >= 15 is 0 Å². The molecule has 0 amide bonds. The summed E-state index contributed by atoms with van der Waals surface area (Å²) in [5.74, 6) is -0.725. The first-order valence-corrected chi connectivity index (χ1v) is 7.51. The highest BCUT2D eigenvalue weighted by atomic mass is 16.5. The number of aromatic hydroxyl groups is 1. The van der Waals surface area contributed by atoms with Gasteiger partial charge in [0.15, 0.2) is 0 Å². The Balaban J connectivity index is 1.79. The Hall–Kier alpha value is -3.60. The zero-order chi connectivity index (χ0) is 17.6. The molecule has 0 saturated carbocycles. The third kappa shape index (κ3) is 4.03. The summed E-state index contributed by atoms with van der Waals surface area (Å²) in [5, 5.41) is 9.27. The lowest BCUT2D eigenvalue weighted by molar-refractivity contribution is 0.0707. The number of para-hydroxylation sites is 2. The monoisotopic (exact) mass is 334 g/mol. The molecule has 1 N–H and O–H groups in total. The molecule has 0 saturated heterocycles. The Kier molecular flexibility index (Phi) is 4.76. The summed E-state index contributed by atoms with van der Waals surface area (Å²) in [4.78, 5) is 24.6. The molecular formula is C20H14O5. The zero-order valence-corrected chi connectivity index (χ0v) is 13.1. The summed E-state index contributed by atoms with van der Waals surface area (Å²) >= 11 is 0. The maximum absolute atomic E-state index is 12.4. The van der Waals surface area contributed by atoms with Gasteiger partial charge in [0.05, 0.1) is 5.56 Å². The fourth-order valence-electron chi connectivity index (χ4n) is 2.13. The largest absolute Gasteiger partial charge is 0.508 e. The highest BCUT2D eigenvalue weighted by molar-refractivity contribution is 5.97. The standard InChI is InChI=1S/C20H14O5/c21-15-12-10-14(11-13-15)19(22)25-18-9-5-4-8-17(18)20(23)24-16-6-2-1-3-7-16/h1-13,21H. The van der Waals surface area contributed by atoms with E-state index in [4.69, 9.17) is 9.47 Å². The van der Waals surface area contributed by atoms with Crippen molar-refractivity contribution >= 4 is 11.9 Å². The Bertz CT molecular complexity index is 885. The summed E-state index contributed by atoms with van der Waals surface area (Å²) in [6.07, 6.45) is 0. The fraction of sp³-hybridized carbons (Fsp3) is 0. The molecular weight excluding hydrogens is 320 g/mol. The van der Waals surface area contributed by atoms with E-state index in [9.17, 15) is 14.7 Å². The number of esters is 2. The molecule has 0 unspecified atom stereocenters. The first kappa shape index (κ1) is 16.3. The van der Waals surface area contributed by atoms with Gasteiger partial charge in [0.2, 0.25) is 0 Å². The number of hydrogen-bond donors (Lipinski definition) is 1. The lowest BCUT2D eigenvalue weighted by Crippen LogP contribution is -2.14. The van der Waals surface area contributed by atoms with Gasteiger partial charge in [-0.25, -0.2) is 9.59 Å². The number of ether oxygens (including phenoxy) is 2. The predicted molar refractivity (Wildman–Crippen MR) is 90.9 cm³/mol. The third-order valence-electron chi connectivity index (χ3n) is 3.37. The minimum Gasteiger partial charge on any atom is -0.508 e. The lowest BCUT2D eigenvalue weighted by atomic mass is 10.2. The average Bonchev–Trinajstić information content (AvgIpc) is 2.63. The summed E-state index contributed by atoms with van der Waals surface area (Å²) < 4.78 is 10.6. The summed E-state index contributed by atoms with van der Waals surface area (Å²) in [5.41, 5.74) is 0.391. The van der Waals surface area contributed by atoms with E-state index in [2.05, 4.69) is 0 Å². The van der Waals surface area contributed by atoms with Gasteiger partial charge in [-0.15, -0.1) is 0 Å². The summed E-state index contributed by atoms with van der Waals surface area (Å²) in [6, 6.07) is 20.6.